The first-order chi connectivity index (χ1) is 10.1. The van der Waals surface area contributed by atoms with Gasteiger partial charge in [0.2, 0.25) is 0 Å². The summed E-state index contributed by atoms with van der Waals surface area (Å²) in [6.07, 6.45) is 1.76. The Hall–Kier alpha value is -0.190. The highest BCUT2D eigenvalue weighted by Gasteiger charge is 2.23. The van der Waals surface area contributed by atoms with Crippen LogP contribution in [-0.4, -0.2) is 23.5 Å². The number of nitrogens with zero attached hydrogens (tertiary/aromatic N) is 2. The number of nitrogens with one attached hydrogen (secondary N) is 1. The monoisotopic (exact) mass is 484 g/mol. The van der Waals surface area contributed by atoms with Crippen LogP contribution in [0.4, 0.5) is 0 Å². The Morgan fingerprint density at radius 3 is 3.00 bits per heavy atom. The van der Waals surface area contributed by atoms with E-state index in [0.717, 1.165) is 19.3 Å². The van der Waals surface area contributed by atoms with E-state index in [0.29, 0.717) is 18.2 Å². The molecule has 0 amide bonds. The summed E-state index contributed by atoms with van der Waals surface area (Å²) in [6.45, 7) is 1.22. The van der Waals surface area contributed by atoms with Gasteiger partial charge in [-0.05, 0) is 62.3 Å². The maximum atomic E-state index is 6.12. The second kappa shape index (κ2) is 7.89. The summed E-state index contributed by atoms with van der Waals surface area (Å²) >= 11 is 11.9. The molecule has 0 fully saturated rings. The summed E-state index contributed by atoms with van der Waals surface area (Å²) < 4.78 is 8.95. The Morgan fingerprint density at radius 2 is 2.33 bits per heavy atom. The van der Waals surface area contributed by atoms with E-state index in [1.165, 1.54) is 0 Å². The van der Waals surface area contributed by atoms with Gasteiger partial charge >= 0.3 is 0 Å². The molecule has 0 radical (unpaired) electrons. The molecule has 1 aromatic heterocycles. The molecule has 1 aromatic carbocycles. The molecule has 2 aromatic rings. The molecule has 114 valence electrons. The van der Waals surface area contributed by atoms with Crippen LogP contribution in [0, 0.1) is 3.57 Å². The van der Waals surface area contributed by atoms with E-state index in [2.05, 4.69) is 49.0 Å². The number of nitrogens with two attached hydrogens (primary N) is 1. The van der Waals surface area contributed by atoms with E-state index >= 15 is 0 Å². The van der Waals surface area contributed by atoms with Crippen molar-refractivity contribution < 1.29 is 4.74 Å². The quantitative estimate of drug-likeness (QED) is 0.375. The van der Waals surface area contributed by atoms with Gasteiger partial charge < -0.3 is 4.74 Å². The van der Waals surface area contributed by atoms with Crippen LogP contribution < -0.4 is 11.3 Å². The van der Waals surface area contributed by atoms with Crippen LogP contribution >= 0.6 is 50.1 Å². The average Bonchev–Trinajstić information content (AvgIpc) is 2.83. The number of ether oxygens (including phenoxy) is 1. The molecule has 0 saturated carbocycles. The zero-order valence-corrected chi connectivity index (χ0v) is 15.8. The molecule has 1 unspecified atom stereocenters. The van der Waals surface area contributed by atoms with Crippen molar-refractivity contribution in [2.45, 2.75) is 12.6 Å². The van der Waals surface area contributed by atoms with Crippen LogP contribution in [0.1, 0.15) is 17.3 Å². The Bertz CT molecular complexity index is 622. The summed E-state index contributed by atoms with van der Waals surface area (Å²) in [7, 11) is 1.66. The zero-order valence-electron chi connectivity index (χ0n) is 11.3. The van der Waals surface area contributed by atoms with Crippen molar-refractivity contribution in [2.75, 3.05) is 13.7 Å². The van der Waals surface area contributed by atoms with Gasteiger partial charge in [0.05, 0.1) is 35.6 Å². The average molecular weight is 486 g/mol. The lowest BCUT2D eigenvalue weighted by Gasteiger charge is -2.20. The lowest BCUT2D eigenvalue weighted by atomic mass is 10.0. The topological polar surface area (TPSA) is 65.1 Å². The molecule has 0 aliphatic heterocycles. The van der Waals surface area contributed by atoms with Gasteiger partial charge in [0.25, 0.3) is 0 Å². The van der Waals surface area contributed by atoms with Crippen LogP contribution in [0.25, 0.3) is 0 Å². The molecule has 21 heavy (non-hydrogen) atoms. The SMILES string of the molecule is COCCn1ncc(Br)c1C(NN)c1cc(Cl)ccc1I. The molecule has 0 spiro atoms. The fourth-order valence-electron chi connectivity index (χ4n) is 2.07. The summed E-state index contributed by atoms with van der Waals surface area (Å²) in [5, 5.41) is 5.03. The van der Waals surface area contributed by atoms with Gasteiger partial charge in [0, 0.05) is 15.7 Å². The van der Waals surface area contributed by atoms with E-state index in [9.17, 15) is 0 Å². The van der Waals surface area contributed by atoms with Crippen molar-refractivity contribution in [3.63, 3.8) is 0 Å². The van der Waals surface area contributed by atoms with Gasteiger partial charge in [-0.2, -0.15) is 5.10 Å². The van der Waals surface area contributed by atoms with E-state index < -0.39 is 0 Å². The van der Waals surface area contributed by atoms with Crippen LogP contribution in [0.2, 0.25) is 5.02 Å². The molecule has 8 heteroatoms. The van der Waals surface area contributed by atoms with E-state index in [4.69, 9.17) is 22.2 Å². The van der Waals surface area contributed by atoms with Gasteiger partial charge in [-0.15, -0.1) is 0 Å². The number of aromatic nitrogens is 2. The van der Waals surface area contributed by atoms with Crippen molar-refractivity contribution >= 4 is 50.1 Å². The van der Waals surface area contributed by atoms with Crippen LogP contribution in [0.5, 0.6) is 0 Å². The standard InChI is InChI=1S/C13H15BrClIN4O/c1-21-5-4-20-13(10(14)7-18-20)12(19-17)9-6-8(15)2-3-11(9)16/h2-3,6-7,12,19H,4-5,17H2,1H3. The van der Waals surface area contributed by atoms with Crippen molar-refractivity contribution in [1.82, 2.24) is 15.2 Å². The third kappa shape index (κ3) is 3.96. The third-order valence-electron chi connectivity index (χ3n) is 3.05. The number of benzene rings is 1. The largest absolute Gasteiger partial charge is 0.383 e. The molecule has 0 bridgehead atoms. The minimum atomic E-state index is -0.218. The lowest BCUT2D eigenvalue weighted by Crippen LogP contribution is -2.32. The predicted molar refractivity (Wildman–Crippen MR) is 95.1 cm³/mol. The number of rotatable bonds is 6. The summed E-state index contributed by atoms with van der Waals surface area (Å²) in [4.78, 5) is 0. The highest BCUT2D eigenvalue weighted by molar-refractivity contribution is 14.1. The van der Waals surface area contributed by atoms with E-state index in [1.54, 1.807) is 13.3 Å². The number of hydrazine groups is 1. The lowest BCUT2D eigenvalue weighted by molar-refractivity contribution is 0.182. The van der Waals surface area contributed by atoms with Crippen molar-refractivity contribution in [1.29, 1.82) is 0 Å². The normalized spacial score (nSPS) is 12.6. The number of hydrogen-bond donors (Lipinski definition) is 2. The molecule has 1 heterocycles. The number of hydrogen-bond acceptors (Lipinski definition) is 4. The van der Waals surface area contributed by atoms with Gasteiger partial charge in [-0.1, -0.05) is 11.6 Å². The Kier molecular flexibility index (Phi) is 6.45. The Labute approximate surface area is 150 Å². The minimum Gasteiger partial charge on any atom is -0.383 e. The maximum Gasteiger partial charge on any atom is 0.0900 e. The first-order valence-corrected chi connectivity index (χ1v) is 8.44. The second-order valence-corrected chi connectivity index (χ2v) is 6.81. The Morgan fingerprint density at radius 1 is 1.57 bits per heavy atom. The smallest absolute Gasteiger partial charge is 0.0900 e. The molecule has 1 atom stereocenters. The fourth-order valence-corrected chi connectivity index (χ4v) is 3.42. The van der Waals surface area contributed by atoms with Crippen molar-refractivity contribution in [3.05, 3.63) is 48.7 Å². The summed E-state index contributed by atoms with van der Waals surface area (Å²) in [5.74, 6) is 5.79. The van der Waals surface area contributed by atoms with E-state index in [-0.39, 0.29) is 6.04 Å². The molecule has 5 nitrogen and oxygen atoms in total. The fraction of sp³-hybridized carbons (Fsp3) is 0.308. The highest BCUT2D eigenvalue weighted by atomic mass is 127. The predicted octanol–water partition coefficient (Wildman–Crippen LogP) is 3.10. The molecular formula is C13H15BrClIN4O. The Balaban J connectivity index is 2.46. The molecule has 0 aliphatic rings. The molecule has 0 aliphatic carbocycles. The van der Waals surface area contributed by atoms with Crippen molar-refractivity contribution in [3.8, 4) is 0 Å². The first-order valence-electron chi connectivity index (χ1n) is 6.19. The first kappa shape index (κ1) is 17.2. The molecular weight excluding hydrogens is 470 g/mol. The van der Waals surface area contributed by atoms with Gasteiger partial charge in [-0.25, -0.2) is 5.43 Å². The zero-order chi connectivity index (χ0) is 15.4. The third-order valence-corrected chi connectivity index (χ3v) is 4.88. The van der Waals surface area contributed by atoms with Crippen LogP contribution in [-0.2, 0) is 11.3 Å². The van der Waals surface area contributed by atoms with Crippen molar-refractivity contribution in [2.24, 2.45) is 5.84 Å². The summed E-state index contributed by atoms with van der Waals surface area (Å²) in [6, 6.07) is 5.52. The van der Waals surface area contributed by atoms with Crippen LogP contribution in [0.15, 0.2) is 28.9 Å². The van der Waals surface area contributed by atoms with Gasteiger partial charge in [0.15, 0.2) is 0 Å². The highest BCUT2D eigenvalue weighted by Crippen LogP contribution is 2.32. The van der Waals surface area contributed by atoms with E-state index in [1.807, 2.05) is 22.9 Å². The maximum absolute atomic E-state index is 6.12. The second-order valence-electron chi connectivity index (χ2n) is 4.36. The number of halogens is 3. The molecule has 3 N–H and O–H groups in total. The molecule has 0 saturated heterocycles. The minimum absolute atomic E-state index is 0.218. The number of methoxy groups -OCH3 is 1. The summed E-state index contributed by atoms with van der Waals surface area (Å²) in [5.41, 5.74) is 4.80. The van der Waals surface area contributed by atoms with Gasteiger partial charge in [0.1, 0.15) is 0 Å². The van der Waals surface area contributed by atoms with Gasteiger partial charge in [-0.3, -0.25) is 10.5 Å². The van der Waals surface area contributed by atoms with Crippen LogP contribution in [0.3, 0.4) is 0 Å². The molecule has 2 rings (SSSR count).